The molecule has 2 fully saturated rings. The quantitative estimate of drug-likeness (QED) is 0.653. The Morgan fingerprint density at radius 1 is 1.15 bits per heavy atom. The summed E-state index contributed by atoms with van der Waals surface area (Å²) in [6.45, 7) is 10.0. The normalized spacial score (nSPS) is 31.2. The summed E-state index contributed by atoms with van der Waals surface area (Å²) in [6, 6.07) is 1.61. The van der Waals surface area contributed by atoms with Crippen molar-refractivity contribution in [2.75, 3.05) is 26.2 Å². The zero-order valence-corrected chi connectivity index (χ0v) is 9.00. The first-order valence-corrected chi connectivity index (χ1v) is 5.75. The lowest BCUT2D eigenvalue weighted by Crippen LogP contribution is -2.47. The van der Waals surface area contributed by atoms with Gasteiger partial charge < -0.3 is 4.90 Å². The van der Waals surface area contributed by atoms with Crippen molar-refractivity contribution >= 4 is 0 Å². The van der Waals surface area contributed by atoms with E-state index in [1.54, 1.807) is 0 Å². The molecule has 0 aromatic rings. The van der Waals surface area contributed by atoms with Crippen LogP contribution >= 0.6 is 0 Å². The van der Waals surface area contributed by atoms with Crippen LogP contribution in [0.1, 0.15) is 33.1 Å². The van der Waals surface area contributed by atoms with Crippen molar-refractivity contribution in [1.82, 2.24) is 9.80 Å². The molecule has 0 aromatic carbocycles. The van der Waals surface area contributed by atoms with Crippen LogP contribution in [0.3, 0.4) is 0 Å². The standard InChI is InChI=1S/C11H22N2/c1-10(2)13-8-3-5-11(13)9-12-6-4-7-12/h10-11H,3-9H2,1-2H3. The molecule has 0 N–H and O–H groups in total. The van der Waals surface area contributed by atoms with Crippen molar-refractivity contribution in [3.63, 3.8) is 0 Å². The average Bonchev–Trinajstić information content (AvgIpc) is 2.44. The maximum Gasteiger partial charge on any atom is 0.0226 e. The van der Waals surface area contributed by atoms with E-state index in [0.717, 1.165) is 12.1 Å². The molecule has 0 aromatic heterocycles. The molecule has 1 unspecified atom stereocenters. The predicted molar refractivity (Wildman–Crippen MR) is 55.9 cm³/mol. The van der Waals surface area contributed by atoms with Gasteiger partial charge in [0.25, 0.3) is 0 Å². The van der Waals surface area contributed by atoms with E-state index in [1.165, 1.54) is 45.4 Å². The van der Waals surface area contributed by atoms with Crippen molar-refractivity contribution < 1.29 is 0 Å². The number of rotatable bonds is 3. The first-order chi connectivity index (χ1) is 6.27. The third-order valence-corrected chi connectivity index (χ3v) is 3.50. The van der Waals surface area contributed by atoms with Gasteiger partial charge >= 0.3 is 0 Å². The largest absolute Gasteiger partial charge is 0.302 e. The molecule has 2 heteroatoms. The van der Waals surface area contributed by atoms with E-state index >= 15 is 0 Å². The molecule has 2 heterocycles. The molecule has 2 rings (SSSR count). The van der Waals surface area contributed by atoms with Gasteiger partial charge in [-0.3, -0.25) is 4.90 Å². The van der Waals surface area contributed by atoms with Crippen molar-refractivity contribution in [2.45, 2.75) is 45.2 Å². The lowest BCUT2D eigenvalue weighted by atomic mass is 10.1. The highest BCUT2D eigenvalue weighted by molar-refractivity contribution is 4.85. The molecule has 0 aliphatic carbocycles. The summed E-state index contributed by atoms with van der Waals surface area (Å²) in [5, 5.41) is 0. The van der Waals surface area contributed by atoms with Gasteiger partial charge in [0.1, 0.15) is 0 Å². The smallest absolute Gasteiger partial charge is 0.0226 e. The fourth-order valence-corrected chi connectivity index (χ4v) is 2.60. The lowest BCUT2D eigenvalue weighted by molar-refractivity contribution is 0.108. The van der Waals surface area contributed by atoms with Gasteiger partial charge in [-0.05, 0) is 52.7 Å². The summed E-state index contributed by atoms with van der Waals surface area (Å²) >= 11 is 0. The SMILES string of the molecule is CC(C)N1CCCC1CN1CCC1. The van der Waals surface area contributed by atoms with Gasteiger partial charge in [-0.15, -0.1) is 0 Å². The average molecular weight is 182 g/mol. The summed E-state index contributed by atoms with van der Waals surface area (Å²) in [6.07, 6.45) is 4.26. The van der Waals surface area contributed by atoms with Crippen LogP contribution in [-0.4, -0.2) is 48.1 Å². The van der Waals surface area contributed by atoms with E-state index in [2.05, 4.69) is 23.6 Å². The van der Waals surface area contributed by atoms with E-state index in [4.69, 9.17) is 0 Å². The number of hydrogen-bond donors (Lipinski definition) is 0. The van der Waals surface area contributed by atoms with Crippen LogP contribution < -0.4 is 0 Å². The second-order valence-corrected chi connectivity index (χ2v) is 4.78. The summed E-state index contributed by atoms with van der Waals surface area (Å²) < 4.78 is 0. The van der Waals surface area contributed by atoms with E-state index in [0.29, 0.717) is 0 Å². The van der Waals surface area contributed by atoms with Gasteiger partial charge in [-0.2, -0.15) is 0 Å². The molecule has 1 atom stereocenters. The molecular formula is C11H22N2. The Morgan fingerprint density at radius 2 is 1.92 bits per heavy atom. The fraction of sp³-hybridized carbons (Fsp3) is 1.00. The minimum absolute atomic E-state index is 0.744. The molecule has 0 spiro atoms. The Bertz CT molecular complexity index is 163. The first-order valence-electron chi connectivity index (χ1n) is 5.75. The highest BCUT2D eigenvalue weighted by atomic mass is 15.3. The van der Waals surface area contributed by atoms with E-state index in [-0.39, 0.29) is 0 Å². The van der Waals surface area contributed by atoms with Crippen molar-refractivity contribution in [2.24, 2.45) is 0 Å². The van der Waals surface area contributed by atoms with E-state index in [9.17, 15) is 0 Å². The summed E-state index contributed by atoms with van der Waals surface area (Å²) in [5.41, 5.74) is 0. The maximum absolute atomic E-state index is 2.68. The minimum atomic E-state index is 0.744. The molecule has 2 saturated heterocycles. The molecular weight excluding hydrogens is 160 g/mol. The molecule has 0 saturated carbocycles. The highest BCUT2D eigenvalue weighted by Gasteiger charge is 2.29. The van der Waals surface area contributed by atoms with Crippen LogP contribution in [0.2, 0.25) is 0 Å². The van der Waals surface area contributed by atoms with Crippen LogP contribution in [0.5, 0.6) is 0 Å². The van der Waals surface area contributed by atoms with Crippen LogP contribution in [0, 0.1) is 0 Å². The predicted octanol–water partition coefficient (Wildman–Crippen LogP) is 1.56. The van der Waals surface area contributed by atoms with Crippen LogP contribution in [0.15, 0.2) is 0 Å². The van der Waals surface area contributed by atoms with Gasteiger partial charge in [0, 0.05) is 18.6 Å². The fourth-order valence-electron chi connectivity index (χ4n) is 2.60. The molecule has 0 amide bonds. The van der Waals surface area contributed by atoms with Crippen LogP contribution in [0.4, 0.5) is 0 Å². The molecule has 13 heavy (non-hydrogen) atoms. The van der Waals surface area contributed by atoms with Crippen molar-refractivity contribution in [1.29, 1.82) is 0 Å². The number of hydrogen-bond acceptors (Lipinski definition) is 2. The summed E-state index contributed by atoms with van der Waals surface area (Å²) in [5.74, 6) is 0. The van der Waals surface area contributed by atoms with Gasteiger partial charge in [0.05, 0.1) is 0 Å². The monoisotopic (exact) mass is 182 g/mol. The van der Waals surface area contributed by atoms with Gasteiger partial charge in [-0.1, -0.05) is 0 Å². The minimum Gasteiger partial charge on any atom is -0.302 e. The molecule has 2 nitrogen and oxygen atoms in total. The zero-order chi connectivity index (χ0) is 9.26. The first kappa shape index (κ1) is 9.47. The van der Waals surface area contributed by atoms with E-state index < -0.39 is 0 Å². The van der Waals surface area contributed by atoms with Gasteiger partial charge in [0.15, 0.2) is 0 Å². The maximum atomic E-state index is 2.68. The van der Waals surface area contributed by atoms with Crippen LogP contribution in [-0.2, 0) is 0 Å². The lowest BCUT2D eigenvalue weighted by Gasteiger charge is -2.37. The Kier molecular flexibility index (Phi) is 2.89. The summed E-state index contributed by atoms with van der Waals surface area (Å²) in [7, 11) is 0. The Hall–Kier alpha value is -0.0800. The van der Waals surface area contributed by atoms with Gasteiger partial charge in [-0.25, -0.2) is 0 Å². The molecule has 0 bridgehead atoms. The number of nitrogens with zero attached hydrogens (tertiary/aromatic N) is 2. The third kappa shape index (κ3) is 2.05. The second kappa shape index (κ2) is 3.97. The molecule has 0 radical (unpaired) electrons. The Labute approximate surface area is 81.9 Å². The number of likely N-dealkylation sites (tertiary alicyclic amines) is 2. The van der Waals surface area contributed by atoms with E-state index in [1.807, 2.05) is 0 Å². The highest BCUT2D eigenvalue weighted by Crippen LogP contribution is 2.22. The zero-order valence-electron chi connectivity index (χ0n) is 9.00. The third-order valence-electron chi connectivity index (χ3n) is 3.50. The Balaban J connectivity index is 1.82. The summed E-state index contributed by atoms with van der Waals surface area (Å²) in [4.78, 5) is 5.28. The van der Waals surface area contributed by atoms with Crippen molar-refractivity contribution in [3.05, 3.63) is 0 Å². The van der Waals surface area contributed by atoms with Crippen LogP contribution in [0.25, 0.3) is 0 Å². The van der Waals surface area contributed by atoms with Crippen molar-refractivity contribution in [3.8, 4) is 0 Å². The molecule has 76 valence electrons. The Morgan fingerprint density at radius 3 is 2.46 bits per heavy atom. The topological polar surface area (TPSA) is 6.48 Å². The van der Waals surface area contributed by atoms with Gasteiger partial charge in [0.2, 0.25) is 0 Å². The molecule has 2 aliphatic heterocycles. The second-order valence-electron chi connectivity index (χ2n) is 4.78. The molecule has 2 aliphatic rings.